The van der Waals surface area contributed by atoms with Crippen molar-refractivity contribution in [1.29, 1.82) is 5.26 Å². The molecule has 1 N–H and O–H groups in total. The first kappa shape index (κ1) is 22.7. The Labute approximate surface area is 196 Å². The molecule has 1 unspecified atom stereocenters. The number of carbonyl (C=O) groups is 2. The second kappa shape index (κ2) is 8.83. The molecule has 34 heavy (non-hydrogen) atoms. The highest BCUT2D eigenvalue weighted by Gasteiger charge is 2.48. The van der Waals surface area contributed by atoms with Crippen molar-refractivity contribution in [3.8, 4) is 11.8 Å². The van der Waals surface area contributed by atoms with Gasteiger partial charge in [-0.15, -0.1) is 0 Å². The zero-order chi connectivity index (χ0) is 24.6. The number of anilines is 1. The predicted molar refractivity (Wildman–Crippen MR) is 125 cm³/mol. The number of Topliss-reactive ketones (excluding diaryl/α,β-unsaturated/α-hetero) is 1. The van der Waals surface area contributed by atoms with Crippen molar-refractivity contribution >= 4 is 23.1 Å². The first-order valence-corrected chi connectivity index (χ1v) is 10.5. The molecule has 6 nitrogen and oxygen atoms in total. The van der Waals surface area contributed by atoms with E-state index in [2.05, 4.69) is 0 Å². The van der Waals surface area contributed by atoms with Gasteiger partial charge in [-0.25, -0.2) is 4.39 Å². The molecule has 170 valence electrons. The topological polar surface area (TPSA) is 90.6 Å². The molecular weight excluding hydrogens is 435 g/mol. The van der Waals surface area contributed by atoms with E-state index in [9.17, 15) is 19.1 Å². The van der Waals surface area contributed by atoms with Gasteiger partial charge in [-0.1, -0.05) is 24.3 Å². The van der Waals surface area contributed by atoms with E-state index in [4.69, 9.17) is 10.00 Å². The molecule has 1 aliphatic heterocycles. The maximum absolute atomic E-state index is 15.0. The minimum Gasteiger partial charge on any atom is -0.507 e. The van der Waals surface area contributed by atoms with Crippen molar-refractivity contribution in [1.82, 2.24) is 0 Å². The van der Waals surface area contributed by atoms with Crippen LogP contribution >= 0.6 is 0 Å². The highest BCUT2D eigenvalue weighted by atomic mass is 19.1. The van der Waals surface area contributed by atoms with Crippen LogP contribution in [0.2, 0.25) is 0 Å². The standard InChI is InChI=1S/C27H21FN2O4/c1-15-12-16(2)26(34-3)20(13-15)24(31)22-23(19-6-4-5-7-21(19)28)30(27(33)25(22)32)18-10-8-17(14-29)9-11-18/h4-13,23,31H,1-3H3/b24-22+. The van der Waals surface area contributed by atoms with Crippen LogP contribution in [0.1, 0.15) is 33.9 Å². The van der Waals surface area contributed by atoms with Gasteiger partial charge in [0.05, 0.1) is 35.9 Å². The van der Waals surface area contributed by atoms with Crippen molar-refractivity contribution < 1.29 is 23.8 Å². The van der Waals surface area contributed by atoms with E-state index in [1.807, 2.05) is 19.1 Å². The Morgan fingerprint density at radius 1 is 1.09 bits per heavy atom. The Hall–Kier alpha value is -4.44. The molecule has 3 aromatic rings. The maximum atomic E-state index is 15.0. The molecule has 3 aromatic carbocycles. The van der Waals surface area contributed by atoms with Crippen molar-refractivity contribution in [2.45, 2.75) is 19.9 Å². The number of ether oxygens (including phenoxy) is 1. The number of nitriles is 1. The quantitative estimate of drug-likeness (QED) is 0.341. The van der Waals surface area contributed by atoms with E-state index in [-0.39, 0.29) is 16.7 Å². The number of hydrogen-bond acceptors (Lipinski definition) is 5. The number of aliphatic hydroxyl groups excluding tert-OH is 1. The lowest BCUT2D eigenvalue weighted by Gasteiger charge is -2.26. The zero-order valence-corrected chi connectivity index (χ0v) is 18.8. The molecule has 7 heteroatoms. The second-order valence-corrected chi connectivity index (χ2v) is 8.01. The Morgan fingerprint density at radius 2 is 1.76 bits per heavy atom. The van der Waals surface area contributed by atoms with E-state index in [1.165, 1.54) is 49.6 Å². The number of benzene rings is 3. The predicted octanol–water partition coefficient (Wildman–Crippen LogP) is 4.95. The molecule has 0 aromatic heterocycles. The average Bonchev–Trinajstić information content (AvgIpc) is 3.08. The molecule has 0 bridgehead atoms. The van der Waals surface area contributed by atoms with Gasteiger partial charge < -0.3 is 9.84 Å². The van der Waals surface area contributed by atoms with Gasteiger partial charge in [0.1, 0.15) is 17.3 Å². The number of carbonyl (C=O) groups excluding carboxylic acids is 2. The fraction of sp³-hybridized carbons (Fsp3) is 0.148. The highest BCUT2D eigenvalue weighted by molar-refractivity contribution is 6.51. The van der Waals surface area contributed by atoms with Gasteiger partial charge in [-0.05, 0) is 61.4 Å². The van der Waals surface area contributed by atoms with E-state index in [0.29, 0.717) is 17.0 Å². The lowest BCUT2D eigenvalue weighted by molar-refractivity contribution is -0.132. The summed E-state index contributed by atoms with van der Waals surface area (Å²) in [5.41, 5.74) is 2.23. The third-order valence-electron chi connectivity index (χ3n) is 5.80. The summed E-state index contributed by atoms with van der Waals surface area (Å²) in [6.45, 7) is 3.62. The van der Waals surface area contributed by atoms with Crippen LogP contribution in [-0.2, 0) is 9.59 Å². The maximum Gasteiger partial charge on any atom is 0.300 e. The molecule has 1 heterocycles. The summed E-state index contributed by atoms with van der Waals surface area (Å²) < 4.78 is 20.5. The number of rotatable bonds is 4. The van der Waals surface area contributed by atoms with E-state index >= 15 is 0 Å². The van der Waals surface area contributed by atoms with E-state index in [1.54, 1.807) is 19.1 Å². The molecular formula is C27H21FN2O4. The van der Waals surface area contributed by atoms with Crippen LogP contribution in [-0.4, -0.2) is 23.9 Å². The Balaban J connectivity index is 2.02. The number of aliphatic hydroxyl groups is 1. The molecule has 0 radical (unpaired) electrons. The minimum absolute atomic E-state index is 0.0518. The zero-order valence-electron chi connectivity index (χ0n) is 18.8. The largest absolute Gasteiger partial charge is 0.507 e. The summed E-state index contributed by atoms with van der Waals surface area (Å²) in [4.78, 5) is 27.6. The average molecular weight is 456 g/mol. The highest BCUT2D eigenvalue weighted by Crippen LogP contribution is 2.44. The lowest BCUT2D eigenvalue weighted by atomic mass is 9.93. The summed E-state index contributed by atoms with van der Waals surface area (Å²) in [7, 11) is 1.44. The van der Waals surface area contributed by atoms with Gasteiger partial charge in [0, 0.05) is 11.3 Å². The molecule has 1 atom stereocenters. The van der Waals surface area contributed by atoms with Crippen LogP contribution in [0.3, 0.4) is 0 Å². The van der Waals surface area contributed by atoms with E-state index in [0.717, 1.165) is 16.0 Å². The number of hydrogen-bond donors (Lipinski definition) is 1. The third-order valence-corrected chi connectivity index (χ3v) is 5.80. The molecule has 1 aliphatic rings. The van der Waals surface area contributed by atoms with Gasteiger partial charge in [0.25, 0.3) is 11.7 Å². The fourth-order valence-electron chi connectivity index (χ4n) is 4.33. The van der Waals surface area contributed by atoms with Crippen LogP contribution in [0.4, 0.5) is 10.1 Å². The van der Waals surface area contributed by atoms with Crippen molar-refractivity contribution in [2.75, 3.05) is 12.0 Å². The summed E-state index contributed by atoms with van der Waals surface area (Å²) in [5.74, 6) is -2.60. The van der Waals surface area contributed by atoms with Gasteiger partial charge in [-0.2, -0.15) is 5.26 Å². The minimum atomic E-state index is -1.22. The summed E-state index contributed by atoms with van der Waals surface area (Å²) in [6.07, 6.45) is 0. The SMILES string of the molecule is COc1c(C)cc(C)cc1/C(O)=C1\C(=O)C(=O)N(c2ccc(C#N)cc2)C1c1ccccc1F. The van der Waals surface area contributed by atoms with Crippen molar-refractivity contribution in [2.24, 2.45) is 0 Å². The van der Waals surface area contributed by atoms with Crippen molar-refractivity contribution in [3.63, 3.8) is 0 Å². The first-order chi connectivity index (χ1) is 16.3. The van der Waals surface area contributed by atoms with Crippen LogP contribution in [0, 0.1) is 31.0 Å². The number of halogens is 1. The number of nitrogens with zero attached hydrogens (tertiary/aromatic N) is 2. The van der Waals surface area contributed by atoms with Crippen LogP contribution in [0.25, 0.3) is 5.76 Å². The van der Waals surface area contributed by atoms with Gasteiger partial charge >= 0.3 is 0 Å². The number of ketones is 1. The molecule has 0 spiro atoms. The Bertz CT molecular complexity index is 1390. The van der Waals surface area contributed by atoms with Crippen molar-refractivity contribution in [3.05, 3.63) is 99.9 Å². The normalized spacial score (nSPS) is 17.0. The molecule has 0 aliphatic carbocycles. The monoisotopic (exact) mass is 456 g/mol. The molecule has 0 saturated carbocycles. The summed E-state index contributed by atoms with van der Waals surface area (Å²) in [6, 6.07) is 16.1. The summed E-state index contributed by atoms with van der Waals surface area (Å²) in [5, 5.41) is 20.5. The molecule has 4 rings (SSSR count). The molecule has 1 amide bonds. The van der Waals surface area contributed by atoms with Gasteiger partial charge in [-0.3, -0.25) is 14.5 Å². The van der Waals surface area contributed by atoms with Crippen LogP contribution in [0.5, 0.6) is 5.75 Å². The van der Waals surface area contributed by atoms with Gasteiger partial charge in [0.15, 0.2) is 0 Å². The van der Waals surface area contributed by atoms with Crippen LogP contribution < -0.4 is 9.64 Å². The van der Waals surface area contributed by atoms with E-state index < -0.39 is 29.3 Å². The number of aryl methyl sites for hydroxylation is 2. The summed E-state index contributed by atoms with van der Waals surface area (Å²) >= 11 is 0. The number of methoxy groups -OCH3 is 1. The lowest BCUT2D eigenvalue weighted by Crippen LogP contribution is -2.29. The van der Waals surface area contributed by atoms with Gasteiger partial charge in [0.2, 0.25) is 0 Å². The Morgan fingerprint density at radius 3 is 2.38 bits per heavy atom. The third kappa shape index (κ3) is 3.69. The second-order valence-electron chi connectivity index (χ2n) is 8.01. The first-order valence-electron chi connectivity index (χ1n) is 10.5. The number of amides is 1. The smallest absolute Gasteiger partial charge is 0.300 e. The fourth-order valence-corrected chi connectivity index (χ4v) is 4.33. The molecule has 1 fully saturated rings. The molecule has 1 saturated heterocycles. The Kier molecular flexibility index (Phi) is 5.91. The van der Waals surface area contributed by atoms with Crippen LogP contribution in [0.15, 0.2) is 66.2 Å².